The Kier molecular flexibility index (Phi) is 7.70. The molecule has 0 radical (unpaired) electrons. The summed E-state index contributed by atoms with van der Waals surface area (Å²) in [6, 6.07) is 0. The van der Waals surface area contributed by atoms with Crippen molar-refractivity contribution in [1.82, 2.24) is 0 Å². The first-order valence-electron chi connectivity index (χ1n) is 7.42. The van der Waals surface area contributed by atoms with Crippen molar-refractivity contribution in [2.24, 2.45) is 5.92 Å². The Morgan fingerprint density at radius 2 is 2.06 bits per heavy atom. The molecule has 0 bridgehead atoms. The molecule has 0 saturated heterocycles. The van der Waals surface area contributed by atoms with Crippen molar-refractivity contribution >= 4 is 11.8 Å². The number of hydrogen-bond acceptors (Lipinski definition) is 3. The maximum atomic E-state index is 11.4. The van der Waals surface area contributed by atoms with Crippen LogP contribution in [0.5, 0.6) is 0 Å². The second-order valence-electron chi connectivity index (χ2n) is 5.23. The summed E-state index contributed by atoms with van der Waals surface area (Å²) in [5, 5.41) is 0. The van der Waals surface area contributed by atoms with E-state index in [9.17, 15) is 9.59 Å². The maximum absolute atomic E-state index is 11.4. The average Bonchev–Trinajstić information content (AvgIpc) is 2.77. The molecule has 0 N–H and O–H groups in total. The molecule has 1 unspecified atom stereocenters. The topological polar surface area (TPSA) is 43.4 Å². The molecular weight excluding hydrogens is 228 g/mol. The zero-order valence-corrected chi connectivity index (χ0v) is 11.6. The normalized spacial score (nSPS) is 19.2. The second-order valence-corrected chi connectivity index (χ2v) is 5.23. The molecule has 1 fully saturated rings. The van der Waals surface area contributed by atoms with Crippen molar-refractivity contribution in [1.29, 1.82) is 0 Å². The zero-order chi connectivity index (χ0) is 13.2. The number of ketones is 1. The summed E-state index contributed by atoms with van der Waals surface area (Å²) in [4.78, 5) is 22.6. The standard InChI is InChI=1S/C15H26O3/c1-2-12-18-15(17)11-6-4-3-5-8-13-9-7-10-14(13)16/h13H,2-12H2,1H3. The van der Waals surface area contributed by atoms with Gasteiger partial charge in [-0.15, -0.1) is 0 Å². The second kappa shape index (κ2) is 9.12. The summed E-state index contributed by atoms with van der Waals surface area (Å²) in [7, 11) is 0. The Balaban J connectivity index is 1.89. The minimum Gasteiger partial charge on any atom is -0.466 e. The Morgan fingerprint density at radius 1 is 1.28 bits per heavy atom. The molecule has 3 nitrogen and oxygen atoms in total. The summed E-state index contributed by atoms with van der Waals surface area (Å²) in [5.74, 6) is 0.750. The third-order valence-corrected chi connectivity index (χ3v) is 3.58. The Bertz CT molecular complexity index is 260. The van der Waals surface area contributed by atoms with Crippen LogP contribution in [-0.4, -0.2) is 18.4 Å². The molecule has 0 spiro atoms. The highest BCUT2D eigenvalue weighted by atomic mass is 16.5. The van der Waals surface area contributed by atoms with Gasteiger partial charge in [-0.3, -0.25) is 9.59 Å². The molecule has 0 heterocycles. The highest BCUT2D eigenvalue weighted by Gasteiger charge is 2.23. The number of esters is 1. The van der Waals surface area contributed by atoms with Gasteiger partial charge < -0.3 is 4.74 Å². The van der Waals surface area contributed by atoms with Gasteiger partial charge in [-0.05, 0) is 32.1 Å². The molecule has 1 saturated carbocycles. The maximum Gasteiger partial charge on any atom is 0.305 e. The molecule has 0 aromatic carbocycles. The van der Waals surface area contributed by atoms with Crippen LogP contribution in [0.2, 0.25) is 0 Å². The van der Waals surface area contributed by atoms with Gasteiger partial charge in [-0.2, -0.15) is 0 Å². The molecule has 0 aromatic rings. The predicted octanol–water partition coefficient (Wildman–Crippen LogP) is 3.65. The highest BCUT2D eigenvalue weighted by Crippen LogP contribution is 2.26. The van der Waals surface area contributed by atoms with Crippen molar-refractivity contribution in [2.45, 2.75) is 71.1 Å². The molecule has 1 aliphatic rings. The van der Waals surface area contributed by atoms with Crippen LogP contribution in [0.3, 0.4) is 0 Å². The van der Waals surface area contributed by atoms with E-state index in [4.69, 9.17) is 4.74 Å². The Morgan fingerprint density at radius 3 is 2.72 bits per heavy atom. The molecule has 1 rings (SSSR count). The minimum atomic E-state index is -0.0668. The number of ether oxygens (including phenoxy) is 1. The van der Waals surface area contributed by atoms with E-state index >= 15 is 0 Å². The van der Waals surface area contributed by atoms with E-state index in [1.807, 2.05) is 6.92 Å². The van der Waals surface area contributed by atoms with E-state index in [2.05, 4.69) is 0 Å². The number of unbranched alkanes of at least 4 members (excludes halogenated alkanes) is 3. The van der Waals surface area contributed by atoms with Gasteiger partial charge in [0.25, 0.3) is 0 Å². The first-order valence-corrected chi connectivity index (χ1v) is 7.42. The molecule has 1 aliphatic carbocycles. The number of carbonyl (C=O) groups excluding carboxylic acids is 2. The van der Waals surface area contributed by atoms with Gasteiger partial charge in [0.15, 0.2) is 0 Å². The molecule has 18 heavy (non-hydrogen) atoms. The van der Waals surface area contributed by atoms with Crippen molar-refractivity contribution in [3.63, 3.8) is 0 Å². The van der Waals surface area contributed by atoms with Crippen LogP contribution >= 0.6 is 0 Å². The minimum absolute atomic E-state index is 0.0668. The van der Waals surface area contributed by atoms with Crippen LogP contribution in [0.1, 0.15) is 71.1 Å². The van der Waals surface area contributed by atoms with Crippen LogP contribution in [0, 0.1) is 5.92 Å². The quantitative estimate of drug-likeness (QED) is 0.466. The summed E-state index contributed by atoms with van der Waals surface area (Å²) in [6.45, 7) is 2.54. The van der Waals surface area contributed by atoms with Gasteiger partial charge in [0.05, 0.1) is 6.61 Å². The fourth-order valence-corrected chi connectivity index (χ4v) is 2.49. The molecule has 0 aliphatic heterocycles. The Labute approximate surface area is 110 Å². The SMILES string of the molecule is CCCOC(=O)CCCCCCC1CCCC1=O. The van der Waals surface area contributed by atoms with E-state index in [1.54, 1.807) is 0 Å². The fourth-order valence-electron chi connectivity index (χ4n) is 2.49. The average molecular weight is 254 g/mol. The number of rotatable bonds is 9. The van der Waals surface area contributed by atoms with Crippen LogP contribution in [0.25, 0.3) is 0 Å². The lowest BCUT2D eigenvalue weighted by Gasteiger charge is -2.07. The summed E-state index contributed by atoms with van der Waals surface area (Å²) in [5.41, 5.74) is 0. The lowest BCUT2D eigenvalue weighted by atomic mass is 9.98. The van der Waals surface area contributed by atoms with E-state index in [0.29, 0.717) is 24.7 Å². The fraction of sp³-hybridized carbons (Fsp3) is 0.867. The van der Waals surface area contributed by atoms with Gasteiger partial charge in [-0.1, -0.05) is 26.2 Å². The van der Waals surface area contributed by atoms with E-state index in [0.717, 1.165) is 57.8 Å². The van der Waals surface area contributed by atoms with Crippen molar-refractivity contribution < 1.29 is 14.3 Å². The van der Waals surface area contributed by atoms with Gasteiger partial charge in [0.2, 0.25) is 0 Å². The lowest BCUT2D eigenvalue weighted by molar-refractivity contribution is -0.143. The van der Waals surface area contributed by atoms with E-state index in [-0.39, 0.29) is 5.97 Å². The molecule has 104 valence electrons. The van der Waals surface area contributed by atoms with Crippen molar-refractivity contribution in [3.8, 4) is 0 Å². The molecule has 1 atom stereocenters. The highest BCUT2D eigenvalue weighted by molar-refractivity contribution is 5.82. The predicted molar refractivity (Wildman–Crippen MR) is 71.3 cm³/mol. The van der Waals surface area contributed by atoms with Crippen LogP contribution < -0.4 is 0 Å². The molecule has 0 amide bonds. The molecular formula is C15H26O3. The smallest absolute Gasteiger partial charge is 0.305 e. The lowest BCUT2D eigenvalue weighted by Crippen LogP contribution is -2.06. The largest absolute Gasteiger partial charge is 0.466 e. The number of Topliss-reactive ketones (excluding diaryl/α,β-unsaturated/α-hetero) is 1. The summed E-state index contributed by atoms with van der Waals surface area (Å²) in [6.07, 6.45) is 9.72. The van der Waals surface area contributed by atoms with Crippen LogP contribution in [-0.2, 0) is 14.3 Å². The zero-order valence-electron chi connectivity index (χ0n) is 11.6. The van der Waals surface area contributed by atoms with Gasteiger partial charge in [0.1, 0.15) is 5.78 Å². The first-order chi connectivity index (χ1) is 8.74. The van der Waals surface area contributed by atoms with Gasteiger partial charge in [-0.25, -0.2) is 0 Å². The van der Waals surface area contributed by atoms with Gasteiger partial charge in [0, 0.05) is 18.8 Å². The van der Waals surface area contributed by atoms with Crippen LogP contribution in [0.4, 0.5) is 0 Å². The third kappa shape index (κ3) is 6.18. The Hall–Kier alpha value is -0.860. The molecule has 0 aromatic heterocycles. The monoisotopic (exact) mass is 254 g/mol. The van der Waals surface area contributed by atoms with E-state index < -0.39 is 0 Å². The van der Waals surface area contributed by atoms with Crippen molar-refractivity contribution in [3.05, 3.63) is 0 Å². The van der Waals surface area contributed by atoms with E-state index in [1.165, 1.54) is 0 Å². The van der Waals surface area contributed by atoms with Gasteiger partial charge >= 0.3 is 5.97 Å². The van der Waals surface area contributed by atoms with Crippen LogP contribution in [0.15, 0.2) is 0 Å². The third-order valence-electron chi connectivity index (χ3n) is 3.58. The molecule has 3 heteroatoms. The summed E-state index contributed by atoms with van der Waals surface area (Å²) >= 11 is 0. The summed E-state index contributed by atoms with van der Waals surface area (Å²) < 4.78 is 5.01. The first kappa shape index (κ1) is 15.2. The number of hydrogen-bond donors (Lipinski definition) is 0. The number of carbonyl (C=O) groups is 2. The van der Waals surface area contributed by atoms with Crippen molar-refractivity contribution in [2.75, 3.05) is 6.61 Å².